The van der Waals surface area contributed by atoms with Gasteiger partial charge in [-0.1, -0.05) is 23.7 Å². The van der Waals surface area contributed by atoms with Crippen molar-refractivity contribution in [3.05, 3.63) is 52.5 Å². The molecule has 24 heavy (non-hydrogen) atoms. The van der Waals surface area contributed by atoms with E-state index in [1.165, 1.54) is 14.2 Å². The lowest BCUT2D eigenvalue weighted by Gasteiger charge is -2.13. The fourth-order valence-electron chi connectivity index (χ4n) is 2.19. The van der Waals surface area contributed by atoms with Crippen LogP contribution in [0.25, 0.3) is 0 Å². The van der Waals surface area contributed by atoms with Crippen LogP contribution in [-0.2, 0) is 16.6 Å². The van der Waals surface area contributed by atoms with E-state index >= 15 is 0 Å². The number of amides is 1. The van der Waals surface area contributed by atoms with Crippen LogP contribution >= 0.6 is 11.6 Å². The molecule has 1 unspecified atom stereocenters. The standard InChI is InChI=1S/C17H18ClNO4S/c1-22-15-9-16(23-2)14(8-13(15)18)19-17(20)12-6-4-5-11(7-12)10-24(3)21/h4-9H,10H2,1-3H3,(H,19,20). The van der Waals surface area contributed by atoms with Crippen molar-refractivity contribution in [1.82, 2.24) is 0 Å². The summed E-state index contributed by atoms with van der Waals surface area (Å²) in [6.07, 6.45) is 1.62. The molecule has 0 heterocycles. The van der Waals surface area contributed by atoms with Crippen LogP contribution in [0, 0.1) is 0 Å². The summed E-state index contributed by atoms with van der Waals surface area (Å²) in [6.45, 7) is 0. The Labute approximate surface area is 148 Å². The third kappa shape index (κ3) is 4.49. The van der Waals surface area contributed by atoms with E-state index in [9.17, 15) is 9.00 Å². The van der Waals surface area contributed by atoms with E-state index in [1.807, 2.05) is 6.07 Å². The number of benzene rings is 2. The predicted molar refractivity (Wildman–Crippen MR) is 96.7 cm³/mol. The normalized spacial score (nSPS) is 11.7. The van der Waals surface area contributed by atoms with Gasteiger partial charge in [-0.2, -0.15) is 0 Å². The van der Waals surface area contributed by atoms with Gasteiger partial charge in [-0.05, 0) is 23.8 Å². The fourth-order valence-corrected chi connectivity index (χ4v) is 3.08. The predicted octanol–water partition coefficient (Wildman–Crippen LogP) is 3.49. The number of halogens is 1. The molecule has 0 spiro atoms. The molecule has 0 radical (unpaired) electrons. The number of nitrogens with one attached hydrogen (secondary N) is 1. The zero-order chi connectivity index (χ0) is 17.7. The van der Waals surface area contributed by atoms with Gasteiger partial charge in [-0.25, -0.2) is 0 Å². The lowest BCUT2D eigenvalue weighted by molar-refractivity contribution is 0.102. The molecular formula is C17H18ClNO4S. The van der Waals surface area contributed by atoms with Crippen molar-refractivity contribution in [2.45, 2.75) is 5.75 Å². The second kappa shape index (κ2) is 8.17. The van der Waals surface area contributed by atoms with E-state index in [-0.39, 0.29) is 5.91 Å². The molecule has 7 heteroatoms. The molecule has 128 valence electrons. The Bertz CT molecular complexity index is 779. The van der Waals surface area contributed by atoms with Gasteiger partial charge in [0.05, 0.1) is 24.9 Å². The first-order valence-corrected chi connectivity index (χ1v) is 9.17. The van der Waals surface area contributed by atoms with Crippen LogP contribution in [-0.4, -0.2) is 30.6 Å². The molecule has 0 aliphatic carbocycles. The van der Waals surface area contributed by atoms with Crippen molar-refractivity contribution in [3.63, 3.8) is 0 Å². The van der Waals surface area contributed by atoms with E-state index < -0.39 is 10.8 Å². The molecular weight excluding hydrogens is 350 g/mol. The summed E-state index contributed by atoms with van der Waals surface area (Å²) >= 11 is 6.10. The highest BCUT2D eigenvalue weighted by molar-refractivity contribution is 7.83. The minimum absolute atomic E-state index is 0.307. The third-order valence-electron chi connectivity index (χ3n) is 3.28. The van der Waals surface area contributed by atoms with Crippen LogP contribution in [0.4, 0.5) is 5.69 Å². The lowest BCUT2D eigenvalue weighted by Crippen LogP contribution is -2.13. The van der Waals surface area contributed by atoms with E-state index in [4.69, 9.17) is 21.1 Å². The summed E-state index contributed by atoms with van der Waals surface area (Å²) in [5.41, 5.74) is 1.74. The van der Waals surface area contributed by atoms with Gasteiger partial charge in [0.1, 0.15) is 11.5 Å². The minimum Gasteiger partial charge on any atom is -0.495 e. The molecule has 0 aromatic heterocycles. The SMILES string of the molecule is COc1cc(OC)c(NC(=O)c2cccc(CS(C)=O)c2)cc1Cl. The smallest absolute Gasteiger partial charge is 0.255 e. The highest BCUT2D eigenvalue weighted by Crippen LogP contribution is 2.36. The fraction of sp³-hybridized carbons (Fsp3) is 0.235. The molecule has 0 saturated carbocycles. The van der Waals surface area contributed by atoms with Crippen molar-refractivity contribution in [1.29, 1.82) is 0 Å². The Morgan fingerprint density at radius 2 is 1.88 bits per heavy atom. The Balaban J connectivity index is 2.26. The van der Waals surface area contributed by atoms with Gasteiger partial charge in [0, 0.05) is 34.4 Å². The van der Waals surface area contributed by atoms with Crippen molar-refractivity contribution >= 4 is 34.0 Å². The van der Waals surface area contributed by atoms with Crippen LogP contribution in [0.2, 0.25) is 5.02 Å². The van der Waals surface area contributed by atoms with Crippen LogP contribution in [0.1, 0.15) is 15.9 Å². The van der Waals surface area contributed by atoms with Gasteiger partial charge >= 0.3 is 0 Å². The molecule has 0 aliphatic heterocycles. The highest BCUT2D eigenvalue weighted by Gasteiger charge is 2.14. The van der Waals surface area contributed by atoms with Crippen LogP contribution in [0.15, 0.2) is 36.4 Å². The average molecular weight is 368 g/mol. The van der Waals surface area contributed by atoms with Crippen molar-refractivity contribution < 1.29 is 18.5 Å². The molecule has 2 aromatic rings. The number of anilines is 1. The zero-order valence-corrected chi connectivity index (χ0v) is 15.2. The van der Waals surface area contributed by atoms with Crippen LogP contribution in [0.3, 0.4) is 0 Å². The Hall–Kier alpha value is -2.05. The molecule has 5 nitrogen and oxygen atoms in total. The molecule has 2 rings (SSSR count). The number of hydrogen-bond acceptors (Lipinski definition) is 4. The first-order chi connectivity index (χ1) is 11.4. The van der Waals surface area contributed by atoms with E-state index in [0.29, 0.717) is 33.5 Å². The molecule has 1 N–H and O–H groups in total. The highest BCUT2D eigenvalue weighted by atomic mass is 35.5. The van der Waals surface area contributed by atoms with E-state index in [2.05, 4.69) is 5.32 Å². The second-order valence-electron chi connectivity index (χ2n) is 5.06. The Kier molecular flexibility index (Phi) is 6.23. The topological polar surface area (TPSA) is 64.6 Å². The van der Waals surface area contributed by atoms with Gasteiger partial charge in [-0.3, -0.25) is 9.00 Å². The van der Waals surface area contributed by atoms with E-state index in [1.54, 1.807) is 36.6 Å². The summed E-state index contributed by atoms with van der Waals surface area (Å²) in [4.78, 5) is 12.5. The maximum Gasteiger partial charge on any atom is 0.255 e. The molecule has 0 saturated heterocycles. The van der Waals surface area contributed by atoms with Crippen LogP contribution < -0.4 is 14.8 Å². The summed E-state index contributed by atoms with van der Waals surface area (Å²) in [7, 11) is 2.03. The maximum atomic E-state index is 12.5. The second-order valence-corrected chi connectivity index (χ2v) is 6.90. The first-order valence-electron chi connectivity index (χ1n) is 7.06. The minimum atomic E-state index is -0.971. The Morgan fingerprint density at radius 1 is 1.17 bits per heavy atom. The number of carbonyl (C=O) groups is 1. The van der Waals surface area contributed by atoms with Crippen molar-refractivity contribution in [3.8, 4) is 11.5 Å². The summed E-state index contributed by atoms with van der Waals surface area (Å²) < 4.78 is 21.7. The number of ether oxygens (including phenoxy) is 2. The Morgan fingerprint density at radius 3 is 2.50 bits per heavy atom. The number of carbonyl (C=O) groups excluding carboxylic acids is 1. The number of rotatable bonds is 6. The van der Waals surface area contributed by atoms with Crippen molar-refractivity contribution in [2.24, 2.45) is 0 Å². The maximum absolute atomic E-state index is 12.5. The molecule has 1 amide bonds. The molecule has 0 fully saturated rings. The first kappa shape index (κ1) is 18.3. The summed E-state index contributed by atoms with van der Waals surface area (Å²) in [6, 6.07) is 10.2. The van der Waals surface area contributed by atoms with Gasteiger partial charge in [0.2, 0.25) is 0 Å². The zero-order valence-electron chi connectivity index (χ0n) is 13.6. The largest absolute Gasteiger partial charge is 0.495 e. The molecule has 2 aromatic carbocycles. The van der Waals surface area contributed by atoms with Gasteiger partial charge in [0.15, 0.2) is 0 Å². The van der Waals surface area contributed by atoms with Gasteiger partial charge in [-0.15, -0.1) is 0 Å². The number of hydrogen-bond donors (Lipinski definition) is 1. The number of methoxy groups -OCH3 is 2. The monoisotopic (exact) mass is 367 g/mol. The summed E-state index contributed by atoms with van der Waals surface area (Å²) in [5.74, 6) is 0.992. The average Bonchev–Trinajstić information content (AvgIpc) is 2.54. The third-order valence-corrected chi connectivity index (χ3v) is 4.32. The molecule has 1 atom stereocenters. The molecule has 0 aliphatic rings. The van der Waals surface area contributed by atoms with Gasteiger partial charge < -0.3 is 14.8 Å². The molecule has 0 bridgehead atoms. The quantitative estimate of drug-likeness (QED) is 0.848. The van der Waals surface area contributed by atoms with Gasteiger partial charge in [0.25, 0.3) is 5.91 Å². The van der Waals surface area contributed by atoms with Crippen LogP contribution in [0.5, 0.6) is 11.5 Å². The lowest BCUT2D eigenvalue weighted by atomic mass is 10.1. The van der Waals surface area contributed by atoms with E-state index in [0.717, 1.165) is 5.56 Å². The van der Waals surface area contributed by atoms with Crippen molar-refractivity contribution in [2.75, 3.05) is 25.8 Å². The summed E-state index contributed by atoms with van der Waals surface area (Å²) in [5, 5.41) is 3.14.